The van der Waals surface area contributed by atoms with Crippen molar-refractivity contribution in [2.24, 2.45) is 23.2 Å². The molecule has 172 valence electrons. The van der Waals surface area contributed by atoms with Crippen LogP contribution in [-0.4, -0.2) is 16.5 Å². The number of nitrogens with zero attached hydrogens (tertiary/aromatic N) is 1. The molecule has 0 aromatic carbocycles. The van der Waals surface area contributed by atoms with Crippen LogP contribution in [0.3, 0.4) is 0 Å². The van der Waals surface area contributed by atoms with Crippen LogP contribution in [0.4, 0.5) is 0 Å². The van der Waals surface area contributed by atoms with E-state index in [1.165, 1.54) is 38.5 Å². The third-order valence-electron chi connectivity index (χ3n) is 8.50. The Morgan fingerprint density at radius 3 is 2.23 bits per heavy atom. The Balaban J connectivity index is 1.55. The van der Waals surface area contributed by atoms with Crippen molar-refractivity contribution < 1.29 is 4.79 Å². The van der Waals surface area contributed by atoms with Gasteiger partial charge in [0.15, 0.2) is 5.43 Å². The summed E-state index contributed by atoms with van der Waals surface area (Å²) in [5, 5.41) is 3.29. The smallest absolute Gasteiger partial charge is 0.256 e. The van der Waals surface area contributed by atoms with E-state index in [4.69, 9.17) is 0 Å². The number of hydrogen-bond donors (Lipinski definition) is 1. The first-order chi connectivity index (χ1) is 14.6. The Labute approximate surface area is 188 Å². The zero-order valence-electron chi connectivity index (χ0n) is 20.3. The maximum atomic E-state index is 13.3. The summed E-state index contributed by atoms with van der Waals surface area (Å²) in [5.74, 6) is 2.38. The van der Waals surface area contributed by atoms with Crippen LogP contribution >= 0.6 is 0 Å². The number of aromatic nitrogens is 1. The van der Waals surface area contributed by atoms with E-state index in [9.17, 15) is 9.59 Å². The molecule has 1 unspecified atom stereocenters. The van der Waals surface area contributed by atoms with E-state index < -0.39 is 0 Å². The molecule has 1 aromatic rings. The van der Waals surface area contributed by atoms with Gasteiger partial charge in [-0.25, -0.2) is 0 Å². The predicted molar refractivity (Wildman–Crippen MR) is 126 cm³/mol. The maximum Gasteiger partial charge on any atom is 0.256 e. The Morgan fingerprint density at radius 1 is 1.13 bits per heavy atom. The minimum absolute atomic E-state index is 0.128. The van der Waals surface area contributed by atoms with Crippen LogP contribution in [0.25, 0.3) is 0 Å². The van der Waals surface area contributed by atoms with Gasteiger partial charge in [0.05, 0.1) is 0 Å². The van der Waals surface area contributed by atoms with Gasteiger partial charge in [-0.1, -0.05) is 40.5 Å². The lowest BCUT2D eigenvalue weighted by atomic mass is 9.48. The van der Waals surface area contributed by atoms with E-state index >= 15 is 0 Å². The highest BCUT2D eigenvalue weighted by Crippen LogP contribution is 2.61. The van der Waals surface area contributed by atoms with Gasteiger partial charge in [-0.15, -0.1) is 0 Å². The van der Waals surface area contributed by atoms with Gasteiger partial charge >= 0.3 is 0 Å². The molecule has 4 fully saturated rings. The van der Waals surface area contributed by atoms with E-state index in [0.717, 1.165) is 49.3 Å². The average molecular weight is 427 g/mol. The summed E-state index contributed by atoms with van der Waals surface area (Å²) in [4.78, 5) is 26.3. The van der Waals surface area contributed by atoms with Gasteiger partial charge in [0.2, 0.25) is 0 Å². The molecule has 0 aliphatic heterocycles. The van der Waals surface area contributed by atoms with Crippen LogP contribution in [0.15, 0.2) is 17.1 Å². The van der Waals surface area contributed by atoms with Crippen molar-refractivity contribution in [3.8, 4) is 0 Å². The monoisotopic (exact) mass is 426 g/mol. The molecule has 0 radical (unpaired) electrons. The zero-order chi connectivity index (χ0) is 22.4. The lowest BCUT2D eigenvalue weighted by molar-refractivity contribution is -0.0688. The molecule has 5 rings (SSSR count). The second-order valence-corrected chi connectivity index (χ2v) is 12.1. The summed E-state index contributed by atoms with van der Waals surface area (Å²) in [6.45, 7) is 11.6. The summed E-state index contributed by atoms with van der Waals surface area (Å²) in [5.41, 5.74) is 1.29. The third-order valence-corrected chi connectivity index (χ3v) is 8.50. The molecule has 4 bridgehead atoms. The second kappa shape index (κ2) is 8.41. The van der Waals surface area contributed by atoms with Crippen molar-refractivity contribution in [3.63, 3.8) is 0 Å². The van der Waals surface area contributed by atoms with Crippen LogP contribution < -0.4 is 10.7 Å². The molecule has 31 heavy (non-hydrogen) atoms. The molecule has 1 N–H and O–H groups in total. The first-order valence-corrected chi connectivity index (χ1v) is 12.7. The molecule has 4 aliphatic carbocycles. The van der Waals surface area contributed by atoms with Crippen LogP contribution in [0.2, 0.25) is 0 Å². The summed E-state index contributed by atoms with van der Waals surface area (Å²) < 4.78 is 2.15. The number of hydrogen-bond acceptors (Lipinski definition) is 2. The largest absolute Gasteiger partial charge is 0.350 e. The van der Waals surface area contributed by atoms with Crippen molar-refractivity contribution in [1.82, 2.24) is 9.88 Å². The predicted octanol–water partition coefficient (Wildman–Crippen LogP) is 5.67. The van der Waals surface area contributed by atoms with E-state index in [1.807, 2.05) is 6.20 Å². The molecule has 1 aromatic heterocycles. The molecule has 1 heterocycles. The van der Waals surface area contributed by atoms with Crippen molar-refractivity contribution in [3.05, 3.63) is 33.7 Å². The van der Waals surface area contributed by atoms with Crippen molar-refractivity contribution in [2.75, 3.05) is 0 Å². The number of rotatable bonds is 7. The molecule has 0 spiro atoms. The van der Waals surface area contributed by atoms with Gasteiger partial charge in [0, 0.05) is 36.0 Å². The summed E-state index contributed by atoms with van der Waals surface area (Å²) >= 11 is 0. The fourth-order valence-corrected chi connectivity index (χ4v) is 7.24. The van der Waals surface area contributed by atoms with Gasteiger partial charge < -0.3 is 9.88 Å². The molecule has 1 amide bonds. The second-order valence-electron chi connectivity index (χ2n) is 12.1. The number of amides is 1. The minimum atomic E-state index is -0.182. The SMILES string of the molecule is CCCCCn1cc(C(=O)NC(C)C23CC4CC(CC(C4)C2)C3)c(=O)cc1C(C)(C)C. The van der Waals surface area contributed by atoms with Crippen LogP contribution in [0.5, 0.6) is 0 Å². The highest BCUT2D eigenvalue weighted by molar-refractivity contribution is 5.94. The van der Waals surface area contributed by atoms with Gasteiger partial charge in [-0.2, -0.15) is 0 Å². The number of nitrogens with one attached hydrogen (secondary N) is 1. The first-order valence-electron chi connectivity index (χ1n) is 12.7. The molecular formula is C27H42N2O2. The van der Waals surface area contributed by atoms with E-state index in [1.54, 1.807) is 6.07 Å². The molecule has 4 saturated carbocycles. The average Bonchev–Trinajstić information content (AvgIpc) is 2.67. The maximum absolute atomic E-state index is 13.3. The number of pyridine rings is 1. The van der Waals surface area contributed by atoms with E-state index in [2.05, 4.69) is 44.5 Å². The first kappa shape index (κ1) is 22.6. The quantitative estimate of drug-likeness (QED) is 0.571. The Bertz CT molecular complexity index is 841. The molecule has 0 saturated heterocycles. The highest BCUT2D eigenvalue weighted by atomic mass is 16.2. The van der Waals surface area contributed by atoms with Crippen LogP contribution in [0.1, 0.15) is 108 Å². The fourth-order valence-electron chi connectivity index (χ4n) is 7.24. The Hall–Kier alpha value is -1.58. The number of carbonyl (C=O) groups excluding carboxylic acids is 1. The van der Waals surface area contributed by atoms with Crippen molar-refractivity contribution in [1.29, 1.82) is 0 Å². The number of aryl methyl sites for hydroxylation is 1. The lowest BCUT2D eigenvalue weighted by Crippen LogP contribution is -2.56. The van der Waals surface area contributed by atoms with Gasteiger partial charge in [0.1, 0.15) is 5.56 Å². The van der Waals surface area contributed by atoms with E-state index in [-0.39, 0.29) is 28.2 Å². The topological polar surface area (TPSA) is 51.1 Å². The van der Waals surface area contributed by atoms with Gasteiger partial charge in [-0.05, 0) is 75.0 Å². The summed E-state index contributed by atoms with van der Waals surface area (Å²) in [6, 6.07) is 1.83. The molecule has 4 heteroatoms. The van der Waals surface area contributed by atoms with Crippen LogP contribution in [-0.2, 0) is 12.0 Å². The van der Waals surface area contributed by atoms with Crippen molar-refractivity contribution >= 4 is 5.91 Å². The zero-order valence-corrected chi connectivity index (χ0v) is 20.3. The minimum Gasteiger partial charge on any atom is -0.350 e. The molecule has 4 nitrogen and oxygen atoms in total. The van der Waals surface area contributed by atoms with E-state index in [0.29, 0.717) is 5.56 Å². The third kappa shape index (κ3) is 4.50. The normalized spacial score (nSPS) is 30.4. The summed E-state index contributed by atoms with van der Waals surface area (Å²) in [6.07, 6.45) is 13.2. The Kier molecular flexibility index (Phi) is 6.13. The molecular weight excluding hydrogens is 384 g/mol. The highest BCUT2D eigenvalue weighted by Gasteiger charge is 2.53. The Morgan fingerprint density at radius 2 is 1.71 bits per heavy atom. The summed E-state index contributed by atoms with van der Waals surface area (Å²) in [7, 11) is 0. The fraction of sp³-hybridized carbons (Fsp3) is 0.778. The molecule has 4 aliphatic rings. The van der Waals surface area contributed by atoms with Gasteiger partial charge in [0.25, 0.3) is 5.91 Å². The number of unbranched alkanes of at least 4 members (excludes halogenated alkanes) is 2. The standard InChI is InChI=1S/C27H42N2O2/c1-6-7-8-9-29-17-22(23(30)13-24(29)26(3,4)5)25(31)28-18(2)27-14-19-10-20(15-27)12-21(11-19)16-27/h13,17-21H,6-12,14-16H2,1-5H3,(H,28,31). The van der Waals surface area contributed by atoms with Crippen molar-refractivity contribution in [2.45, 2.75) is 110 Å². The molecule has 1 atom stereocenters. The van der Waals surface area contributed by atoms with Gasteiger partial charge in [-0.3, -0.25) is 9.59 Å². The van der Waals surface area contributed by atoms with Crippen LogP contribution in [0, 0.1) is 23.2 Å². The lowest BCUT2D eigenvalue weighted by Gasteiger charge is -2.59. The number of carbonyl (C=O) groups is 1.